The second-order valence-corrected chi connectivity index (χ2v) is 8.21. The lowest BCUT2D eigenvalue weighted by Crippen LogP contribution is -2.27. The summed E-state index contributed by atoms with van der Waals surface area (Å²) in [5.74, 6) is -0.921. The molecule has 1 aliphatic rings. The van der Waals surface area contributed by atoms with Crippen LogP contribution < -0.4 is 4.74 Å². The van der Waals surface area contributed by atoms with Crippen molar-refractivity contribution >= 4 is 57.3 Å². The average molecular weight is 526 g/mol. The maximum atomic E-state index is 12.7. The van der Waals surface area contributed by atoms with Crippen LogP contribution in [0.1, 0.15) is 18.1 Å². The van der Waals surface area contributed by atoms with Gasteiger partial charge in [0.2, 0.25) is 0 Å². The van der Waals surface area contributed by atoms with Crippen molar-refractivity contribution in [3.05, 3.63) is 66.1 Å². The van der Waals surface area contributed by atoms with Crippen molar-refractivity contribution in [1.29, 1.82) is 0 Å². The fourth-order valence-electron chi connectivity index (χ4n) is 2.65. The number of amides is 2. The van der Waals surface area contributed by atoms with Gasteiger partial charge in [0.05, 0.1) is 29.0 Å². The van der Waals surface area contributed by atoms with Gasteiger partial charge < -0.3 is 9.84 Å². The van der Waals surface area contributed by atoms with E-state index in [1.807, 2.05) is 24.3 Å². The molecule has 1 heterocycles. The first-order valence-electron chi connectivity index (χ1n) is 8.44. The molecule has 0 radical (unpaired) electrons. The molecule has 2 amide bonds. The molecule has 3 rings (SSSR count). The Morgan fingerprint density at radius 3 is 2.59 bits per heavy atom. The first-order chi connectivity index (χ1) is 13.8. The van der Waals surface area contributed by atoms with Crippen molar-refractivity contribution in [2.45, 2.75) is 13.5 Å². The van der Waals surface area contributed by atoms with Crippen LogP contribution in [0.2, 0.25) is 0 Å². The van der Waals surface area contributed by atoms with Crippen molar-refractivity contribution in [1.82, 2.24) is 4.90 Å². The molecule has 0 bridgehead atoms. The highest BCUT2D eigenvalue weighted by atomic mass is 127. The summed E-state index contributed by atoms with van der Waals surface area (Å²) in [6, 6.07) is 9.65. The van der Waals surface area contributed by atoms with Gasteiger partial charge in [-0.2, -0.15) is 0 Å². The summed E-state index contributed by atoms with van der Waals surface area (Å²) in [6.07, 6.45) is 1.27. The molecule has 150 valence electrons. The van der Waals surface area contributed by atoms with Crippen molar-refractivity contribution < 1.29 is 24.4 Å². The molecule has 1 aliphatic heterocycles. The summed E-state index contributed by atoms with van der Waals surface area (Å²) in [7, 11) is 0. The molecular formula is C19H15IN2O6S. The van der Waals surface area contributed by atoms with Crippen LogP contribution in [-0.4, -0.2) is 32.7 Å². The molecule has 1 saturated heterocycles. The second kappa shape index (κ2) is 8.82. The molecule has 0 aliphatic carbocycles. The maximum Gasteiger partial charge on any atom is 0.293 e. The Morgan fingerprint density at radius 2 is 1.97 bits per heavy atom. The van der Waals surface area contributed by atoms with Gasteiger partial charge in [0.1, 0.15) is 0 Å². The van der Waals surface area contributed by atoms with E-state index >= 15 is 0 Å². The zero-order valence-electron chi connectivity index (χ0n) is 15.1. The fourth-order valence-corrected chi connectivity index (χ4v) is 3.83. The van der Waals surface area contributed by atoms with E-state index in [0.29, 0.717) is 11.8 Å². The monoisotopic (exact) mass is 526 g/mol. The van der Waals surface area contributed by atoms with Crippen LogP contribution in [0.3, 0.4) is 0 Å². The molecule has 2 aromatic rings. The topological polar surface area (TPSA) is 110 Å². The Balaban J connectivity index is 1.92. The number of phenols is 1. The van der Waals surface area contributed by atoms with Gasteiger partial charge in [-0.25, -0.2) is 0 Å². The van der Waals surface area contributed by atoms with E-state index in [0.717, 1.165) is 26.2 Å². The minimum atomic E-state index is -0.623. The number of nitrogens with zero attached hydrogens (tertiary/aromatic N) is 2. The molecule has 0 aromatic heterocycles. The third-order valence-corrected chi connectivity index (χ3v) is 5.64. The van der Waals surface area contributed by atoms with Crippen LogP contribution in [0.15, 0.2) is 41.3 Å². The van der Waals surface area contributed by atoms with Gasteiger partial charge in [-0.1, -0.05) is 12.1 Å². The lowest BCUT2D eigenvalue weighted by atomic mass is 10.1. The number of aromatic hydroxyl groups is 1. The van der Waals surface area contributed by atoms with Crippen LogP contribution in [0.5, 0.6) is 11.5 Å². The second-order valence-electron chi connectivity index (χ2n) is 5.97. The summed E-state index contributed by atoms with van der Waals surface area (Å²) in [4.78, 5) is 36.7. The number of phenolic OH excluding ortho intramolecular Hbond substituents is 1. The van der Waals surface area contributed by atoms with Crippen LogP contribution in [-0.2, 0) is 11.3 Å². The first kappa shape index (κ1) is 21.1. The van der Waals surface area contributed by atoms with E-state index in [1.165, 1.54) is 6.08 Å². The van der Waals surface area contributed by atoms with Crippen LogP contribution in [0, 0.1) is 13.7 Å². The van der Waals surface area contributed by atoms with E-state index in [1.54, 1.807) is 6.92 Å². The van der Waals surface area contributed by atoms with Gasteiger partial charge in [0.15, 0.2) is 11.5 Å². The van der Waals surface area contributed by atoms with Crippen LogP contribution >= 0.6 is 34.4 Å². The number of nitro groups is 1. The smallest absolute Gasteiger partial charge is 0.293 e. The molecule has 2 aromatic carbocycles. The number of ether oxygens (including phenoxy) is 1. The molecule has 0 saturated carbocycles. The predicted octanol–water partition coefficient (Wildman–Crippen LogP) is 4.54. The maximum absolute atomic E-state index is 12.7. The van der Waals surface area contributed by atoms with Gasteiger partial charge in [-0.05, 0) is 65.0 Å². The van der Waals surface area contributed by atoms with E-state index in [2.05, 4.69) is 22.6 Å². The summed E-state index contributed by atoms with van der Waals surface area (Å²) in [5, 5.41) is 21.1. The summed E-state index contributed by atoms with van der Waals surface area (Å²) >= 11 is 2.88. The molecule has 0 spiro atoms. The number of nitro benzene ring substituents is 1. The van der Waals surface area contributed by atoms with Crippen molar-refractivity contribution in [3.63, 3.8) is 0 Å². The number of imide groups is 1. The normalized spacial score (nSPS) is 15.2. The highest BCUT2D eigenvalue weighted by Crippen LogP contribution is 2.39. The highest BCUT2D eigenvalue weighted by molar-refractivity contribution is 14.1. The van der Waals surface area contributed by atoms with E-state index < -0.39 is 16.1 Å². The van der Waals surface area contributed by atoms with E-state index in [9.17, 15) is 24.8 Å². The lowest BCUT2D eigenvalue weighted by molar-refractivity contribution is -0.385. The minimum absolute atomic E-state index is 0.0300. The standard InChI is InChI=1S/C19H15IN2O6S/c1-2-28-15-9-14(22(26)27)7-12(17(15)23)8-16-18(24)21(19(25)29-16)10-11-3-5-13(20)6-4-11/h3-9,23H,2,10H2,1H3/b16-8-. The zero-order valence-corrected chi connectivity index (χ0v) is 18.1. The van der Waals surface area contributed by atoms with Crippen molar-refractivity contribution in [3.8, 4) is 11.5 Å². The van der Waals surface area contributed by atoms with E-state index in [-0.39, 0.29) is 40.8 Å². The average Bonchev–Trinajstić information content (AvgIpc) is 2.94. The Labute approximate surface area is 183 Å². The van der Waals surface area contributed by atoms with Gasteiger partial charge in [0, 0.05) is 15.2 Å². The fraction of sp³-hybridized carbons (Fsp3) is 0.158. The third-order valence-electron chi connectivity index (χ3n) is 4.01. The van der Waals surface area contributed by atoms with Crippen LogP contribution in [0.4, 0.5) is 10.5 Å². The summed E-state index contributed by atoms with van der Waals surface area (Å²) in [5.41, 5.74) is 0.531. The third kappa shape index (κ3) is 4.70. The Kier molecular flexibility index (Phi) is 6.42. The van der Waals surface area contributed by atoms with Crippen molar-refractivity contribution in [2.75, 3.05) is 6.61 Å². The Morgan fingerprint density at radius 1 is 1.28 bits per heavy atom. The molecule has 1 fully saturated rings. The molecule has 1 N–H and O–H groups in total. The van der Waals surface area contributed by atoms with E-state index in [4.69, 9.17) is 4.74 Å². The number of hydrogen-bond donors (Lipinski definition) is 1. The Bertz CT molecular complexity index is 1020. The van der Waals surface area contributed by atoms with Gasteiger partial charge >= 0.3 is 0 Å². The number of rotatable bonds is 6. The van der Waals surface area contributed by atoms with Gasteiger partial charge in [-0.3, -0.25) is 24.6 Å². The number of carbonyl (C=O) groups is 2. The van der Waals surface area contributed by atoms with Gasteiger partial charge in [0.25, 0.3) is 16.8 Å². The molecular weight excluding hydrogens is 511 g/mol. The quantitative estimate of drug-likeness (QED) is 0.255. The minimum Gasteiger partial charge on any atom is -0.504 e. The first-order valence-corrected chi connectivity index (χ1v) is 10.3. The van der Waals surface area contributed by atoms with Gasteiger partial charge in [-0.15, -0.1) is 0 Å². The zero-order chi connectivity index (χ0) is 21.1. The number of thioether (sulfide) groups is 1. The Hall–Kier alpha value is -2.60. The number of non-ortho nitro benzene ring substituents is 1. The number of carbonyl (C=O) groups excluding carboxylic acids is 2. The summed E-state index contributed by atoms with van der Waals surface area (Å²) in [6.45, 7) is 1.98. The van der Waals surface area contributed by atoms with Crippen molar-refractivity contribution in [2.24, 2.45) is 0 Å². The number of hydrogen-bond acceptors (Lipinski definition) is 7. The summed E-state index contributed by atoms with van der Waals surface area (Å²) < 4.78 is 6.27. The predicted molar refractivity (Wildman–Crippen MR) is 117 cm³/mol. The molecule has 10 heteroatoms. The lowest BCUT2D eigenvalue weighted by Gasteiger charge is -2.12. The largest absolute Gasteiger partial charge is 0.504 e. The molecule has 0 unspecified atom stereocenters. The SMILES string of the molecule is CCOc1cc([N+](=O)[O-])cc(/C=C2\SC(=O)N(Cc3ccc(I)cc3)C2=O)c1O. The van der Waals surface area contributed by atoms with Crippen LogP contribution in [0.25, 0.3) is 6.08 Å². The highest BCUT2D eigenvalue weighted by Gasteiger charge is 2.35. The number of halogens is 1. The molecule has 0 atom stereocenters. The number of benzene rings is 2. The molecule has 8 nitrogen and oxygen atoms in total. The molecule has 29 heavy (non-hydrogen) atoms.